The highest BCUT2D eigenvalue weighted by atomic mass is 32.1. The molecular formula is C27H22N2O6S. The van der Waals surface area contributed by atoms with Crippen LogP contribution < -0.4 is 19.7 Å². The lowest BCUT2D eigenvalue weighted by molar-refractivity contribution is -0.122. The average molecular weight is 503 g/mol. The minimum absolute atomic E-state index is 0.0385. The molecular weight excluding hydrogens is 480 g/mol. The van der Waals surface area contributed by atoms with Gasteiger partial charge in [0.05, 0.1) is 12.3 Å². The van der Waals surface area contributed by atoms with Crippen molar-refractivity contribution in [3.05, 3.63) is 83.9 Å². The zero-order valence-electron chi connectivity index (χ0n) is 19.0. The molecule has 0 bridgehead atoms. The number of anilines is 1. The fraction of sp³-hybridized carbons (Fsp3) is 0.148. The van der Waals surface area contributed by atoms with Crippen molar-refractivity contribution in [1.29, 1.82) is 0 Å². The Morgan fingerprint density at radius 3 is 2.42 bits per heavy atom. The van der Waals surface area contributed by atoms with Gasteiger partial charge in [0.15, 0.2) is 11.4 Å². The number of phenols is 1. The summed E-state index contributed by atoms with van der Waals surface area (Å²) in [7, 11) is 0. The van der Waals surface area contributed by atoms with Crippen LogP contribution in [-0.2, 0) is 14.3 Å². The largest absolute Gasteiger partial charge is 0.507 e. The number of hydrogen-bond acceptors (Lipinski definition) is 7. The normalized spacial score (nSPS) is 18.9. The zero-order valence-corrected chi connectivity index (χ0v) is 19.9. The summed E-state index contributed by atoms with van der Waals surface area (Å²) in [6.07, 6.45) is 2.67. The van der Waals surface area contributed by atoms with Crippen LogP contribution in [0, 0.1) is 0 Å². The number of phenolic OH excluding ortho intramolecular Hbond substituents is 1. The molecule has 36 heavy (non-hydrogen) atoms. The number of nitrogens with zero attached hydrogens (tertiary/aromatic N) is 1. The number of ether oxygens (including phenoxy) is 3. The quantitative estimate of drug-likeness (QED) is 0.290. The minimum atomic E-state index is -0.649. The lowest BCUT2D eigenvalue weighted by Gasteiger charge is -2.29. The Morgan fingerprint density at radius 2 is 1.72 bits per heavy atom. The molecule has 2 aliphatic heterocycles. The third kappa shape index (κ3) is 5.07. The fourth-order valence-corrected chi connectivity index (χ4v) is 4.13. The van der Waals surface area contributed by atoms with Gasteiger partial charge in [0.2, 0.25) is 0 Å². The second-order valence-electron chi connectivity index (χ2n) is 8.15. The Hall–Kier alpha value is -4.21. The van der Waals surface area contributed by atoms with Crippen LogP contribution in [-0.4, -0.2) is 34.9 Å². The molecule has 0 aromatic heterocycles. The lowest BCUT2D eigenvalue weighted by Crippen LogP contribution is -2.54. The number of hydrogen-bond donors (Lipinski definition) is 2. The second kappa shape index (κ2) is 10.2. The number of carbonyl (C=O) groups is 2. The third-order valence-corrected chi connectivity index (χ3v) is 5.92. The van der Waals surface area contributed by atoms with Crippen molar-refractivity contribution in [3.8, 4) is 23.0 Å². The van der Waals surface area contributed by atoms with Crippen molar-refractivity contribution in [1.82, 2.24) is 5.32 Å². The van der Waals surface area contributed by atoms with Crippen LogP contribution in [0.1, 0.15) is 18.4 Å². The van der Waals surface area contributed by atoms with E-state index in [-0.39, 0.29) is 28.3 Å². The van der Waals surface area contributed by atoms with Crippen LogP contribution in [0.15, 0.2) is 78.4 Å². The first kappa shape index (κ1) is 23.5. The summed E-state index contributed by atoms with van der Waals surface area (Å²) < 4.78 is 16.9. The molecule has 2 amide bonds. The summed E-state index contributed by atoms with van der Waals surface area (Å²) in [5.41, 5.74) is 0.574. The first-order valence-electron chi connectivity index (χ1n) is 11.3. The predicted molar refractivity (Wildman–Crippen MR) is 137 cm³/mol. The standard InChI is InChI=1S/C27H22N2O6S/c30-23-16-21(35-24-7-4-14-33-24)11-8-17(23)15-22-25(31)28-27(36)29(26(22)32)18-9-12-20(13-10-18)34-19-5-2-1-3-6-19/h1-3,5-6,8-13,15-16,24,30H,4,7,14H2,(H,28,31,36). The molecule has 2 saturated heterocycles. The smallest absolute Gasteiger partial charge is 0.270 e. The average Bonchev–Trinajstić information content (AvgIpc) is 3.37. The maximum Gasteiger partial charge on any atom is 0.270 e. The Labute approximate surface area is 212 Å². The molecule has 8 nitrogen and oxygen atoms in total. The maximum atomic E-state index is 13.3. The highest BCUT2D eigenvalue weighted by Gasteiger charge is 2.34. The van der Waals surface area contributed by atoms with Gasteiger partial charge in [-0.3, -0.25) is 19.8 Å². The lowest BCUT2D eigenvalue weighted by atomic mass is 10.1. The van der Waals surface area contributed by atoms with Crippen LogP contribution in [0.4, 0.5) is 5.69 Å². The summed E-state index contributed by atoms with van der Waals surface area (Å²) in [6, 6.07) is 20.7. The Kier molecular flexibility index (Phi) is 6.66. The van der Waals surface area contributed by atoms with Gasteiger partial charge >= 0.3 is 0 Å². The van der Waals surface area contributed by atoms with E-state index in [1.54, 1.807) is 36.4 Å². The van der Waals surface area contributed by atoms with Crippen LogP contribution in [0.3, 0.4) is 0 Å². The van der Waals surface area contributed by atoms with Crippen LogP contribution in [0.5, 0.6) is 23.0 Å². The highest BCUT2D eigenvalue weighted by Crippen LogP contribution is 2.30. The number of para-hydroxylation sites is 1. The summed E-state index contributed by atoms with van der Waals surface area (Å²) in [5.74, 6) is 0.292. The molecule has 3 aromatic carbocycles. The first-order valence-corrected chi connectivity index (χ1v) is 11.7. The number of aromatic hydroxyl groups is 1. The molecule has 3 aromatic rings. The van der Waals surface area contributed by atoms with Gasteiger partial charge in [0.1, 0.15) is 28.6 Å². The molecule has 0 spiro atoms. The number of carbonyl (C=O) groups excluding carboxylic acids is 2. The Morgan fingerprint density at radius 1 is 1.00 bits per heavy atom. The van der Waals surface area contributed by atoms with Gasteiger partial charge in [0.25, 0.3) is 11.8 Å². The molecule has 0 saturated carbocycles. The van der Waals surface area contributed by atoms with E-state index in [2.05, 4.69) is 5.32 Å². The van der Waals surface area contributed by atoms with E-state index in [0.29, 0.717) is 29.5 Å². The van der Waals surface area contributed by atoms with Crippen LogP contribution >= 0.6 is 12.2 Å². The molecule has 5 rings (SSSR count). The number of benzene rings is 3. The van der Waals surface area contributed by atoms with Gasteiger partial charge in [-0.2, -0.15) is 0 Å². The minimum Gasteiger partial charge on any atom is -0.507 e. The summed E-state index contributed by atoms with van der Waals surface area (Å²) in [4.78, 5) is 27.1. The van der Waals surface area contributed by atoms with Crippen molar-refractivity contribution in [2.75, 3.05) is 11.5 Å². The molecule has 1 atom stereocenters. The number of thiocarbonyl (C=S) groups is 1. The van der Waals surface area contributed by atoms with Gasteiger partial charge < -0.3 is 19.3 Å². The molecule has 2 N–H and O–H groups in total. The molecule has 1 unspecified atom stereocenters. The molecule has 0 radical (unpaired) electrons. The van der Waals surface area contributed by atoms with Crippen LogP contribution in [0.2, 0.25) is 0 Å². The monoisotopic (exact) mass is 502 g/mol. The van der Waals surface area contributed by atoms with E-state index in [4.69, 9.17) is 26.4 Å². The zero-order chi connectivity index (χ0) is 25.1. The summed E-state index contributed by atoms with van der Waals surface area (Å²) in [6.45, 7) is 0.638. The Bertz CT molecular complexity index is 1330. The molecule has 182 valence electrons. The summed E-state index contributed by atoms with van der Waals surface area (Å²) >= 11 is 5.27. The van der Waals surface area contributed by atoms with E-state index in [0.717, 1.165) is 12.8 Å². The predicted octanol–water partition coefficient (Wildman–Crippen LogP) is 4.53. The van der Waals surface area contributed by atoms with Gasteiger partial charge in [-0.25, -0.2) is 0 Å². The van der Waals surface area contributed by atoms with Gasteiger partial charge in [0, 0.05) is 18.1 Å². The van der Waals surface area contributed by atoms with E-state index in [1.165, 1.54) is 17.0 Å². The molecule has 9 heteroatoms. The van der Waals surface area contributed by atoms with E-state index < -0.39 is 11.8 Å². The Balaban J connectivity index is 1.36. The summed E-state index contributed by atoms with van der Waals surface area (Å²) in [5, 5.41) is 13.0. The number of rotatable bonds is 6. The van der Waals surface area contributed by atoms with Crippen molar-refractivity contribution >= 4 is 40.9 Å². The van der Waals surface area contributed by atoms with Crippen molar-refractivity contribution in [2.24, 2.45) is 0 Å². The van der Waals surface area contributed by atoms with Gasteiger partial charge in [-0.05, 0) is 73.2 Å². The third-order valence-electron chi connectivity index (χ3n) is 5.63. The molecule has 2 fully saturated rings. The van der Waals surface area contributed by atoms with Gasteiger partial charge in [-0.1, -0.05) is 18.2 Å². The van der Waals surface area contributed by atoms with Crippen LogP contribution in [0.25, 0.3) is 6.08 Å². The molecule has 2 heterocycles. The molecule has 0 aliphatic carbocycles. The first-order chi connectivity index (χ1) is 17.5. The van der Waals surface area contributed by atoms with Gasteiger partial charge in [-0.15, -0.1) is 0 Å². The van der Waals surface area contributed by atoms with E-state index in [9.17, 15) is 14.7 Å². The number of amides is 2. The molecule has 2 aliphatic rings. The van der Waals surface area contributed by atoms with Crippen molar-refractivity contribution in [2.45, 2.75) is 19.1 Å². The van der Waals surface area contributed by atoms with Crippen molar-refractivity contribution < 1.29 is 28.9 Å². The highest BCUT2D eigenvalue weighted by molar-refractivity contribution is 7.80. The van der Waals surface area contributed by atoms with E-state index >= 15 is 0 Å². The maximum absolute atomic E-state index is 13.3. The number of nitrogens with one attached hydrogen (secondary N) is 1. The SMILES string of the molecule is O=C1NC(=S)N(c2ccc(Oc3ccccc3)cc2)C(=O)C1=Cc1ccc(OC2CCCO2)cc1O. The van der Waals surface area contributed by atoms with Crippen molar-refractivity contribution in [3.63, 3.8) is 0 Å². The fourth-order valence-electron chi connectivity index (χ4n) is 3.85. The second-order valence-corrected chi connectivity index (χ2v) is 8.53. The topological polar surface area (TPSA) is 97.3 Å². The van der Waals surface area contributed by atoms with E-state index in [1.807, 2.05) is 30.3 Å².